The number of rotatable bonds is 3. The monoisotopic (exact) mass is 290 g/mol. The molecular formula is C13H15FN6O. The Bertz CT molecular complexity index is 620. The molecule has 0 radical (unpaired) electrons. The smallest absolute Gasteiger partial charge is 0.277 e. The van der Waals surface area contributed by atoms with Gasteiger partial charge in [0.05, 0.1) is 24.1 Å². The summed E-state index contributed by atoms with van der Waals surface area (Å²) >= 11 is 0. The molecule has 3 rings (SSSR count). The highest BCUT2D eigenvalue weighted by molar-refractivity contribution is 6.02. The van der Waals surface area contributed by atoms with E-state index in [4.69, 9.17) is 0 Å². The summed E-state index contributed by atoms with van der Waals surface area (Å²) in [6.45, 7) is 1.88. The van der Waals surface area contributed by atoms with Crippen molar-refractivity contribution in [3.05, 3.63) is 36.2 Å². The van der Waals surface area contributed by atoms with Gasteiger partial charge in [-0.2, -0.15) is 4.39 Å². The van der Waals surface area contributed by atoms with Crippen molar-refractivity contribution in [3.63, 3.8) is 0 Å². The van der Waals surface area contributed by atoms with Gasteiger partial charge in [0, 0.05) is 0 Å². The van der Waals surface area contributed by atoms with Crippen LogP contribution in [-0.2, 0) is 0 Å². The van der Waals surface area contributed by atoms with Gasteiger partial charge in [-0.3, -0.25) is 4.79 Å². The predicted octanol–water partition coefficient (Wildman–Crippen LogP) is 0.989. The molecule has 7 nitrogen and oxygen atoms in total. The van der Waals surface area contributed by atoms with E-state index in [9.17, 15) is 9.18 Å². The normalized spacial score (nSPS) is 15.9. The minimum absolute atomic E-state index is 0.234. The highest BCUT2D eigenvalue weighted by atomic mass is 19.1. The molecule has 3 heterocycles. The molecule has 0 spiro atoms. The first-order chi connectivity index (χ1) is 10.2. The third kappa shape index (κ3) is 3.22. The summed E-state index contributed by atoms with van der Waals surface area (Å²) < 4.78 is 14.4. The molecule has 0 atom stereocenters. The van der Waals surface area contributed by atoms with Crippen LogP contribution in [0.3, 0.4) is 0 Å². The third-order valence-electron chi connectivity index (χ3n) is 3.41. The largest absolute Gasteiger partial charge is 0.319 e. The van der Waals surface area contributed by atoms with Crippen LogP contribution in [0.4, 0.5) is 10.1 Å². The molecule has 2 aromatic rings. The number of anilines is 1. The van der Waals surface area contributed by atoms with Gasteiger partial charge in [0.1, 0.15) is 0 Å². The Morgan fingerprint density at radius 3 is 2.90 bits per heavy atom. The maximum absolute atomic E-state index is 12.7. The molecule has 21 heavy (non-hydrogen) atoms. The van der Waals surface area contributed by atoms with Gasteiger partial charge >= 0.3 is 0 Å². The Hall–Kier alpha value is -2.35. The average molecular weight is 290 g/mol. The van der Waals surface area contributed by atoms with Crippen LogP contribution < -0.4 is 10.6 Å². The second-order valence-electron chi connectivity index (χ2n) is 4.89. The van der Waals surface area contributed by atoms with Crippen molar-refractivity contribution in [1.29, 1.82) is 0 Å². The maximum Gasteiger partial charge on any atom is 0.277 e. The molecule has 2 N–H and O–H groups in total. The van der Waals surface area contributed by atoms with E-state index in [1.807, 2.05) is 0 Å². The fraction of sp³-hybridized carbons (Fsp3) is 0.385. The Balaban J connectivity index is 1.67. The summed E-state index contributed by atoms with van der Waals surface area (Å²) in [6, 6.07) is 2.90. The molecule has 0 aromatic carbocycles. The highest BCUT2D eigenvalue weighted by Crippen LogP contribution is 2.17. The molecule has 0 saturated carbocycles. The van der Waals surface area contributed by atoms with E-state index in [0.717, 1.165) is 25.9 Å². The topological polar surface area (TPSA) is 84.7 Å². The number of pyridine rings is 1. The van der Waals surface area contributed by atoms with Crippen molar-refractivity contribution in [2.75, 3.05) is 18.4 Å². The lowest BCUT2D eigenvalue weighted by Gasteiger charge is -2.22. The van der Waals surface area contributed by atoms with Crippen molar-refractivity contribution in [1.82, 2.24) is 25.3 Å². The Morgan fingerprint density at radius 2 is 2.19 bits per heavy atom. The minimum Gasteiger partial charge on any atom is -0.319 e. The van der Waals surface area contributed by atoms with Crippen molar-refractivity contribution >= 4 is 11.6 Å². The summed E-state index contributed by atoms with van der Waals surface area (Å²) in [6.07, 6.45) is 4.82. The van der Waals surface area contributed by atoms with E-state index >= 15 is 0 Å². The lowest BCUT2D eigenvalue weighted by Crippen LogP contribution is -2.29. The summed E-state index contributed by atoms with van der Waals surface area (Å²) in [4.78, 5) is 15.5. The Morgan fingerprint density at radius 1 is 1.38 bits per heavy atom. The molecule has 110 valence electrons. The van der Waals surface area contributed by atoms with Gasteiger partial charge in [0.25, 0.3) is 5.91 Å². The zero-order chi connectivity index (χ0) is 14.7. The van der Waals surface area contributed by atoms with E-state index in [1.54, 1.807) is 10.9 Å². The van der Waals surface area contributed by atoms with Crippen LogP contribution >= 0.6 is 0 Å². The summed E-state index contributed by atoms with van der Waals surface area (Å²) in [5.41, 5.74) is 0.649. The van der Waals surface area contributed by atoms with Crippen LogP contribution in [-0.4, -0.2) is 39.0 Å². The number of halogens is 1. The maximum atomic E-state index is 12.7. The number of amides is 1. The first kappa shape index (κ1) is 13.6. The number of aromatic nitrogens is 4. The number of nitrogens with one attached hydrogen (secondary N) is 2. The van der Waals surface area contributed by atoms with Gasteiger partial charge in [-0.1, -0.05) is 5.21 Å². The van der Waals surface area contributed by atoms with Crippen LogP contribution in [0.5, 0.6) is 0 Å². The van der Waals surface area contributed by atoms with Gasteiger partial charge in [0.2, 0.25) is 5.95 Å². The summed E-state index contributed by atoms with van der Waals surface area (Å²) in [5.74, 6) is -0.978. The first-order valence-corrected chi connectivity index (χ1v) is 6.78. The molecule has 1 amide bonds. The Labute approximate surface area is 120 Å². The van der Waals surface area contributed by atoms with E-state index in [0.29, 0.717) is 5.69 Å². The number of carbonyl (C=O) groups is 1. The van der Waals surface area contributed by atoms with E-state index in [1.165, 1.54) is 18.3 Å². The van der Waals surface area contributed by atoms with Crippen LogP contribution in [0.2, 0.25) is 0 Å². The van der Waals surface area contributed by atoms with Crippen molar-refractivity contribution in [2.24, 2.45) is 0 Å². The molecule has 0 unspecified atom stereocenters. The zero-order valence-corrected chi connectivity index (χ0v) is 11.3. The van der Waals surface area contributed by atoms with Crippen LogP contribution in [0, 0.1) is 5.95 Å². The molecule has 8 heteroatoms. The predicted molar refractivity (Wildman–Crippen MR) is 73.3 cm³/mol. The summed E-state index contributed by atoms with van der Waals surface area (Å²) in [7, 11) is 0. The molecular weight excluding hydrogens is 275 g/mol. The lowest BCUT2D eigenvalue weighted by molar-refractivity contribution is 0.102. The molecule has 1 saturated heterocycles. The van der Waals surface area contributed by atoms with Gasteiger partial charge in [-0.05, 0) is 38.1 Å². The van der Waals surface area contributed by atoms with E-state index in [2.05, 4.69) is 25.9 Å². The average Bonchev–Trinajstić information content (AvgIpc) is 3.00. The second kappa shape index (κ2) is 5.96. The molecule has 0 aliphatic carbocycles. The number of hydrogen-bond donors (Lipinski definition) is 2. The first-order valence-electron chi connectivity index (χ1n) is 6.78. The quantitative estimate of drug-likeness (QED) is 0.823. The molecule has 0 bridgehead atoms. The van der Waals surface area contributed by atoms with Crippen LogP contribution in [0.15, 0.2) is 24.5 Å². The van der Waals surface area contributed by atoms with Crippen LogP contribution in [0.1, 0.15) is 29.4 Å². The standard InChI is InChI=1S/C13H15FN6O/c14-12-2-1-9(7-16-12)17-13(21)11-8-20(19-18-11)10-3-5-15-6-4-10/h1-2,7-8,10,15H,3-6H2,(H,17,21). The number of nitrogens with zero attached hydrogens (tertiary/aromatic N) is 4. The molecule has 1 fully saturated rings. The van der Waals surface area contributed by atoms with Crippen molar-refractivity contribution in [2.45, 2.75) is 18.9 Å². The lowest BCUT2D eigenvalue weighted by atomic mass is 10.1. The fourth-order valence-electron chi connectivity index (χ4n) is 2.28. The SMILES string of the molecule is O=C(Nc1ccc(F)nc1)c1cn(C2CCNCC2)nn1. The van der Waals surface area contributed by atoms with Gasteiger partial charge in [-0.25, -0.2) is 9.67 Å². The van der Waals surface area contributed by atoms with Gasteiger partial charge in [-0.15, -0.1) is 5.10 Å². The van der Waals surface area contributed by atoms with Gasteiger partial charge < -0.3 is 10.6 Å². The number of piperidine rings is 1. The Kier molecular flexibility index (Phi) is 3.87. The molecule has 1 aliphatic heterocycles. The highest BCUT2D eigenvalue weighted by Gasteiger charge is 2.18. The minimum atomic E-state index is -0.593. The van der Waals surface area contributed by atoms with E-state index in [-0.39, 0.29) is 17.6 Å². The molecule has 1 aliphatic rings. The zero-order valence-electron chi connectivity index (χ0n) is 11.3. The fourth-order valence-corrected chi connectivity index (χ4v) is 2.28. The van der Waals surface area contributed by atoms with Crippen LogP contribution in [0.25, 0.3) is 0 Å². The number of hydrogen-bond acceptors (Lipinski definition) is 5. The second-order valence-corrected chi connectivity index (χ2v) is 4.89. The van der Waals surface area contributed by atoms with Gasteiger partial charge in [0.15, 0.2) is 5.69 Å². The summed E-state index contributed by atoms with van der Waals surface area (Å²) in [5, 5.41) is 13.8. The third-order valence-corrected chi connectivity index (χ3v) is 3.41. The van der Waals surface area contributed by atoms with Crippen molar-refractivity contribution in [3.8, 4) is 0 Å². The van der Waals surface area contributed by atoms with E-state index < -0.39 is 5.95 Å². The number of carbonyl (C=O) groups excluding carboxylic acids is 1. The van der Waals surface area contributed by atoms with Crippen molar-refractivity contribution < 1.29 is 9.18 Å². The molecule has 2 aromatic heterocycles.